The molecule has 0 spiro atoms. The van der Waals surface area contributed by atoms with Crippen LogP contribution in [0, 0.1) is 18.6 Å². The fourth-order valence-electron chi connectivity index (χ4n) is 2.69. The van der Waals surface area contributed by atoms with E-state index in [1.165, 1.54) is 31.2 Å². The number of halogens is 2. The van der Waals surface area contributed by atoms with E-state index in [1.807, 2.05) is 0 Å². The summed E-state index contributed by atoms with van der Waals surface area (Å²) in [5, 5.41) is 14.6. The molecule has 2 aromatic carbocycles. The third-order valence-electron chi connectivity index (χ3n) is 3.87. The molecule has 0 aliphatic rings. The molecule has 1 atom stereocenters. The second-order valence-corrected chi connectivity index (χ2v) is 5.72. The number of rotatable bonds is 4. The molecular formula is C18H15F2N3O3. The zero-order valence-corrected chi connectivity index (χ0v) is 14.0. The van der Waals surface area contributed by atoms with E-state index >= 15 is 0 Å². The Morgan fingerprint density at radius 1 is 1.23 bits per heavy atom. The lowest BCUT2D eigenvalue weighted by Crippen LogP contribution is -2.25. The molecule has 0 aliphatic heterocycles. The average molecular weight is 359 g/mol. The largest absolute Gasteiger partial charge is 0.465 e. The Kier molecular flexibility index (Phi) is 4.66. The zero-order valence-electron chi connectivity index (χ0n) is 14.0. The normalized spacial score (nSPS) is 12.0. The van der Waals surface area contributed by atoms with Gasteiger partial charge in [-0.1, -0.05) is 29.4 Å². The van der Waals surface area contributed by atoms with Gasteiger partial charge in [0.15, 0.2) is 5.82 Å². The van der Waals surface area contributed by atoms with Crippen molar-refractivity contribution in [3.63, 3.8) is 0 Å². The lowest BCUT2D eigenvalue weighted by atomic mass is 9.96. The topological polar surface area (TPSA) is 88.2 Å². The van der Waals surface area contributed by atoms with Gasteiger partial charge in [0.05, 0.1) is 11.6 Å². The van der Waals surface area contributed by atoms with E-state index in [4.69, 9.17) is 9.63 Å². The molecule has 0 unspecified atom stereocenters. The summed E-state index contributed by atoms with van der Waals surface area (Å²) < 4.78 is 33.9. The number of carboxylic acid groups (broad SMARTS) is 1. The summed E-state index contributed by atoms with van der Waals surface area (Å²) in [6.07, 6.45) is -1.25. The molecule has 26 heavy (non-hydrogen) atoms. The van der Waals surface area contributed by atoms with E-state index in [9.17, 15) is 13.6 Å². The first-order valence-electron chi connectivity index (χ1n) is 7.75. The molecule has 0 aliphatic carbocycles. The maximum Gasteiger partial charge on any atom is 0.405 e. The van der Waals surface area contributed by atoms with Crippen molar-refractivity contribution in [1.82, 2.24) is 15.5 Å². The summed E-state index contributed by atoms with van der Waals surface area (Å²) in [6, 6.07) is 7.90. The molecule has 134 valence electrons. The molecular weight excluding hydrogens is 344 g/mol. The standard InChI is InChI=1S/C18H15F2N3O3/c1-9(21-18(24)25)12-7-6-11(8-15(12)20)13-4-3-5-14(19)16(13)17-22-10(2)23-26-17/h3-9,21H,1-2H3,(H,24,25)/t9-/m1/s1. The summed E-state index contributed by atoms with van der Waals surface area (Å²) in [6.45, 7) is 3.14. The maximum absolute atomic E-state index is 14.5. The Hall–Kier alpha value is -3.29. The Balaban J connectivity index is 2.07. The molecule has 1 heterocycles. The van der Waals surface area contributed by atoms with Crippen molar-refractivity contribution >= 4 is 6.09 Å². The SMILES string of the molecule is Cc1noc(-c2c(F)cccc2-c2ccc([C@@H](C)NC(=O)O)c(F)c2)n1. The van der Waals surface area contributed by atoms with Gasteiger partial charge in [0, 0.05) is 5.56 Å². The molecule has 3 aromatic rings. The van der Waals surface area contributed by atoms with E-state index in [0.29, 0.717) is 17.0 Å². The number of aryl methyl sites for hydroxylation is 1. The van der Waals surface area contributed by atoms with Crippen LogP contribution in [-0.4, -0.2) is 21.3 Å². The Labute approximate surface area is 147 Å². The Bertz CT molecular complexity index is 972. The van der Waals surface area contributed by atoms with E-state index in [-0.39, 0.29) is 17.0 Å². The second-order valence-electron chi connectivity index (χ2n) is 5.72. The van der Waals surface area contributed by atoms with Crippen LogP contribution in [0.2, 0.25) is 0 Å². The first kappa shape index (κ1) is 17.5. The van der Waals surface area contributed by atoms with Crippen LogP contribution in [0.25, 0.3) is 22.6 Å². The van der Waals surface area contributed by atoms with Gasteiger partial charge in [-0.05, 0) is 37.1 Å². The molecule has 0 fully saturated rings. The van der Waals surface area contributed by atoms with Gasteiger partial charge in [0.2, 0.25) is 0 Å². The molecule has 3 rings (SSSR count). The van der Waals surface area contributed by atoms with E-state index < -0.39 is 23.8 Å². The van der Waals surface area contributed by atoms with Crippen LogP contribution in [0.4, 0.5) is 13.6 Å². The minimum absolute atomic E-state index is 0.000923. The number of amides is 1. The number of benzene rings is 2. The monoisotopic (exact) mass is 359 g/mol. The van der Waals surface area contributed by atoms with Gasteiger partial charge in [-0.15, -0.1) is 0 Å². The quantitative estimate of drug-likeness (QED) is 0.724. The highest BCUT2D eigenvalue weighted by molar-refractivity contribution is 5.80. The van der Waals surface area contributed by atoms with Gasteiger partial charge in [-0.25, -0.2) is 13.6 Å². The van der Waals surface area contributed by atoms with Gasteiger partial charge in [-0.2, -0.15) is 4.98 Å². The predicted molar refractivity (Wildman–Crippen MR) is 89.4 cm³/mol. The van der Waals surface area contributed by atoms with Crippen molar-refractivity contribution in [3.8, 4) is 22.6 Å². The first-order chi connectivity index (χ1) is 12.4. The van der Waals surface area contributed by atoms with Crippen molar-refractivity contribution < 1.29 is 23.2 Å². The number of aromatic nitrogens is 2. The van der Waals surface area contributed by atoms with Crippen LogP contribution >= 0.6 is 0 Å². The van der Waals surface area contributed by atoms with Gasteiger partial charge >= 0.3 is 6.09 Å². The lowest BCUT2D eigenvalue weighted by molar-refractivity contribution is 0.190. The average Bonchev–Trinajstić information content (AvgIpc) is 2.99. The highest BCUT2D eigenvalue weighted by Crippen LogP contribution is 2.34. The van der Waals surface area contributed by atoms with Gasteiger partial charge in [0.1, 0.15) is 11.6 Å². The zero-order chi connectivity index (χ0) is 18.8. The van der Waals surface area contributed by atoms with Crippen molar-refractivity contribution in [2.45, 2.75) is 19.9 Å². The van der Waals surface area contributed by atoms with Crippen LogP contribution in [-0.2, 0) is 0 Å². The van der Waals surface area contributed by atoms with Crippen molar-refractivity contribution in [1.29, 1.82) is 0 Å². The molecule has 0 bridgehead atoms. The summed E-state index contributed by atoms with van der Waals surface area (Å²) >= 11 is 0. The highest BCUT2D eigenvalue weighted by Gasteiger charge is 2.20. The summed E-state index contributed by atoms with van der Waals surface area (Å²) in [5.41, 5.74) is 1.05. The lowest BCUT2D eigenvalue weighted by Gasteiger charge is -2.14. The molecule has 0 saturated carbocycles. The van der Waals surface area contributed by atoms with Gasteiger partial charge in [-0.3, -0.25) is 0 Å². The number of nitrogens with one attached hydrogen (secondary N) is 1. The minimum atomic E-state index is -1.25. The number of carbonyl (C=O) groups is 1. The first-order valence-corrected chi connectivity index (χ1v) is 7.75. The molecule has 1 aromatic heterocycles. The minimum Gasteiger partial charge on any atom is -0.465 e. The Morgan fingerprint density at radius 3 is 2.62 bits per heavy atom. The van der Waals surface area contributed by atoms with Crippen molar-refractivity contribution in [2.75, 3.05) is 0 Å². The van der Waals surface area contributed by atoms with Crippen LogP contribution < -0.4 is 5.32 Å². The van der Waals surface area contributed by atoms with Crippen LogP contribution in [0.15, 0.2) is 40.9 Å². The summed E-state index contributed by atoms with van der Waals surface area (Å²) in [4.78, 5) is 14.8. The fraction of sp³-hybridized carbons (Fsp3) is 0.167. The predicted octanol–water partition coefficient (Wildman–Crippen LogP) is 4.32. The highest BCUT2D eigenvalue weighted by atomic mass is 19.1. The summed E-state index contributed by atoms with van der Waals surface area (Å²) in [5.74, 6) is -0.831. The van der Waals surface area contributed by atoms with Crippen molar-refractivity contribution in [3.05, 3.63) is 59.4 Å². The van der Waals surface area contributed by atoms with Crippen LogP contribution in [0.5, 0.6) is 0 Å². The smallest absolute Gasteiger partial charge is 0.405 e. The third kappa shape index (κ3) is 3.39. The number of hydrogen-bond donors (Lipinski definition) is 2. The maximum atomic E-state index is 14.5. The van der Waals surface area contributed by atoms with E-state index in [0.717, 1.165) is 0 Å². The van der Waals surface area contributed by atoms with Crippen LogP contribution in [0.1, 0.15) is 24.4 Å². The van der Waals surface area contributed by atoms with Crippen molar-refractivity contribution in [2.24, 2.45) is 0 Å². The number of hydrogen-bond acceptors (Lipinski definition) is 4. The summed E-state index contributed by atoms with van der Waals surface area (Å²) in [7, 11) is 0. The second kappa shape index (κ2) is 6.91. The molecule has 0 radical (unpaired) electrons. The van der Waals surface area contributed by atoms with E-state index in [2.05, 4.69) is 15.5 Å². The van der Waals surface area contributed by atoms with Gasteiger partial charge < -0.3 is 14.9 Å². The fourth-order valence-corrected chi connectivity index (χ4v) is 2.69. The molecule has 1 amide bonds. The van der Waals surface area contributed by atoms with Gasteiger partial charge in [0.25, 0.3) is 5.89 Å². The molecule has 0 saturated heterocycles. The Morgan fingerprint density at radius 2 is 2.00 bits per heavy atom. The number of nitrogens with zero attached hydrogens (tertiary/aromatic N) is 2. The molecule has 6 nitrogen and oxygen atoms in total. The molecule has 2 N–H and O–H groups in total. The third-order valence-corrected chi connectivity index (χ3v) is 3.87. The van der Waals surface area contributed by atoms with E-state index in [1.54, 1.807) is 19.1 Å². The molecule has 8 heteroatoms. The van der Waals surface area contributed by atoms with Crippen LogP contribution in [0.3, 0.4) is 0 Å².